The highest BCUT2D eigenvalue weighted by atomic mass is 16.5. The number of aromatic hydroxyl groups is 1. The van der Waals surface area contributed by atoms with E-state index in [2.05, 4.69) is 11.5 Å². The maximum absolute atomic E-state index is 11.4. The molecular weight excluding hydrogens is 350 g/mol. The van der Waals surface area contributed by atoms with Crippen molar-refractivity contribution in [2.75, 3.05) is 7.11 Å². The van der Waals surface area contributed by atoms with Crippen molar-refractivity contribution in [2.45, 2.75) is 56.3 Å². The van der Waals surface area contributed by atoms with Crippen LogP contribution in [-0.2, 0) is 18.6 Å². The van der Waals surface area contributed by atoms with Crippen molar-refractivity contribution in [1.29, 1.82) is 0 Å². The molecule has 0 spiro atoms. The molecular formula is C24H29NO3. The molecule has 0 amide bonds. The predicted octanol–water partition coefficient (Wildman–Crippen LogP) is 4.14. The Morgan fingerprint density at radius 1 is 1.11 bits per heavy atom. The van der Waals surface area contributed by atoms with E-state index in [1.54, 1.807) is 7.11 Å². The van der Waals surface area contributed by atoms with Gasteiger partial charge in [0.1, 0.15) is 11.5 Å². The van der Waals surface area contributed by atoms with Gasteiger partial charge in [0.05, 0.1) is 12.7 Å². The van der Waals surface area contributed by atoms with Crippen molar-refractivity contribution >= 4 is 0 Å². The van der Waals surface area contributed by atoms with Crippen LogP contribution in [0.5, 0.6) is 11.5 Å². The third kappa shape index (κ3) is 3.43. The summed E-state index contributed by atoms with van der Waals surface area (Å²) >= 11 is 0. The number of hydrogen-bond acceptors (Lipinski definition) is 4. The molecule has 2 fully saturated rings. The Hall–Kier alpha value is -2.30. The van der Waals surface area contributed by atoms with Crippen molar-refractivity contribution in [2.24, 2.45) is 0 Å². The lowest BCUT2D eigenvalue weighted by atomic mass is 9.80. The number of methoxy groups -OCH3 is 1. The van der Waals surface area contributed by atoms with Gasteiger partial charge in [0, 0.05) is 24.2 Å². The lowest BCUT2D eigenvalue weighted by Gasteiger charge is -2.44. The number of allylic oxidation sites excluding steroid dienone is 1. The van der Waals surface area contributed by atoms with Gasteiger partial charge in [0.2, 0.25) is 0 Å². The van der Waals surface area contributed by atoms with Crippen LogP contribution < -0.4 is 4.74 Å². The first-order chi connectivity index (χ1) is 13.5. The van der Waals surface area contributed by atoms with E-state index in [-0.39, 0.29) is 0 Å². The Balaban J connectivity index is 1.53. The number of phenolic OH excluding ortho intramolecular Hbond substituents is 1. The molecule has 28 heavy (non-hydrogen) atoms. The number of nitrogens with zero attached hydrogens (tertiary/aromatic N) is 1. The summed E-state index contributed by atoms with van der Waals surface area (Å²) < 4.78 is 5.25. The van der Waals surface area contributed by atoms with Crippen LogP contribution in [0.25, 0.3) is 0 Å². The summed E-state index contributed by atoms with van der Waals surface area (Å²) in [6.07, 6.45) is 6.13. The molecule has 0 unspecified atom stereocenters. The lowest BCUT2D eigenvalue weighted by molar-refractivity contribution is -0.0596. The summed E-state index contributed by atoms with van der Waals surface area (Å²) in [5.74, 6) is 1.19. The number of fused-ring (bicyclic) bond motifs is 2. The summed E-state index contributed by atoms with van der Waals surface area (Å²) in [4.78, 5) is 2.48. The zero-order chi connectivity index (χ0) is 19.7. The third-order valence-corrected chi connectivity index (χ3v) is 6.47. The molecule has 0 radical (unpaired) electrons. The number of hydrogen-bond donors (Lipinski definition) is 2. The smallest absolute Gasteiger partial charge is 0.123 e. The predicted molar refractivity (Wildman–Crippen MR) is 110 cm³/mol. The highest BCUT2D eigenvalue weighted by molar-refractivity contribution is 5.41. The van der Waals surface area contributed by atoms with Gasteiger partial charge in [-0.15, -0.1) is 6.58 Å². The van der Waals surface area contributed by atoms with Crippen LogP contribution >= 0.6 is 0 Å². The maximum atomic E-state index is 11.4. The molecule has 2 N–H and O–H groups in total. The molecule has 2 heterocycles. The van der Waals surface area contributed by atoms with Crippen LogP contribution in [0.2, 0.25) is 0 Å². The molecule has 4 nitrogen and oxygen atoms in total. The van der Waals surface area contributed by atoms with Crippen LogP contribution in [0.1, 0.15) is 42.4 Å². The largest absolute Gasteiger partial charge is 0.507 e. The Kier molecular flexibility index (Phi) is 5.17. The minimum atomic E-state index is -0.790. The number of rotatable bonds is 6. The van der Waals surface area contributed by atoms with E-state index in [1.807, 2.05) is 48.5 Å². The van der Waals surface area contributed by atoms with Crippen LogP contribution in [0.3, 0.4) is 0 Å². The fourth-order valence-electron chi connectivity index (χ4n) is 5.00. The topological polar surface area (TPSA) is 52.9 Å². The Morgan fingerprint density at radius 2 is 1.75 bits per heavy atom. The number of benzene rings is 2. The van der Waals surface area contributed by atoms with Gasteiger partial charge in [-0.05, 0) is 55.4 Å². The average molecular weight is 380 g/mol. The van der Waals surface area contributed by atoms with Gasteiger partial charge in [-0.25, -0.2) is 0 Å². The standard InChI is InChI=1S/C24H29NO3/c1-3-5-17-6-4-7-18(23(17)26)16-25-20-10-11-21(25)15-24(27,14-20)19-8-12-22(28-2)13-9-19/h3-4,6-9,12-13,20-21,26-27H,1,5,10-11,14-16H2,2H3/t20-,21-/m1/s1. The van der Waals surface area contributed by atoms with Gasteiger partial charge in [-0.3, -0.25) is 4.90 Å². The minimum Gasteiger partial charge on any atom is -0.507 e. The third-order valence-electron chi connectivity index (χ3n) is 6.47. The minimum absolute atomic E-state index is 0.327. The molecule has 0 saturated carbocycles. The van der Waals surface area contributed by atoms with Crippen molar-refractivity contribution in [3.8, 4) is 11.5 Å². The number of piperidine rings is 1. The Bertz CT molecular complexity index is 831. The van der Waals surface area contributed by atoms with Crippen molar-refractivity contribution < 1.29 is 14.9 Å². The highest BCUT2D eigenvalue weighted by Gasteiger charge is 2.48. The molecule has 2 aromatic carbocycles. The summed E-state index contributed by atoms with van der Waals surface area (Å²) in [5.41, 5.74) is 2.07. The molecule has 2 atom stereocenters. The molecule has 2 bridgehead atoms. The lowest BCUT2D eigenvalue weighted by Crippen LogP contribution is -2.49. The van der Waals surface area contributed by atoms with Crippen LogP contribution in [0, 0.1) is 0 Å². The molecule has 4 heteroatoms. The van der Waals surface area contributed by atoms with E-state index in [9.17, 15) is 10.2 Å². The summed E-state index contributed by atoms with van der Waals surface area (Å²) in [5, 5.41) is 22.0. The first kappa shape index (κ1) is 19.0. The van der Waals surface area contributed by atoms with Crippen LogP contribution in [0.15, 0.2) is 55.1 Å². The van der Waals surface area contributed by atoms with Crippen LogP contribution in [-0.4, -0.2) is 34.3 Å². The first-order valence-corrected chi connectivity index (χ1v) is 10.1. The Morgan fingerprint density at radius 3 is 2.36 bits per heavy atom. The zero-order valence-corrected chi connectivity index (χ0v) is 16.5. The highest BCUT2D eigenvalue weighted by Crippen LogP contribution is 2.46. The fraction of sp³-hybridized carbons (Fsp3) is 0.417. The van der Waals surface area contributed by atoms with E-state index in [4.69, 9.17) is 4.74 Å². The van der Waals surface area contributed by atoms with Crippen molar-refractivity contribution in [3.63, 3.8) is 0 Å². The number of phenols is 1. The zero-order valence-electron chi connectivity index (χ0n) is 16.5. The second kappa shape index (κ2) is 7.61. The summed E-state index contributed by atoms with van der Waals surface area (Å²) in [7, 11) is 1.65. The molecule has 4 rings (SSSR count). The molecule has 148 valence electrons. The van der Waals surface area contributed by atoms with E-state index in [1.165, 1.54) is 0 Å². The van der Waals surface area contributed by atoms with E-state index in [0.717, 1.165) is 54.7 Å². The van der Waals surface area contributed by atoms with Gasteiger partial charge < -0.3 is 14.9 Å². The first-order valence-electron chi connectivity index (χ1n) is 10.1. The maximum Gasteiger partial charge on any atom is 0.123 e. The molecule has 2 aliphatic rings. The van der Waals surface area contributed by atoms with Crippen molar-refractivity contribution in [3.05, 3.63) is 71.8 Å². The molecule has 2 saturated heterocycles. The normalized spacial score (nSPS) is 26.9. The van der Waals surface area contributed by atoms with E-state index in [0.29, 0.717) is 24.3 Å². The van der Waals surface area contributed by atoms with Gasteiger partial charge in [0.25, 0.3) is 0 Å². The monoisotopic (exact) mass is 379 g/mol. The van der Waals surface area contributed by atoms with Gasteiger partial charge >= 0.3 is 0 Å². The summed E-state index contributed by atoms with van der Waals surface area (Å²) in [6, 6.07) is 14.4. The number of para-hydroxylation sites is 1. The van der Waals surface area contributed by atoms with E-state index < -0.39 is 5.60 Å². The van der Waals surface area contributed by atoms with Gasteiger partial charge in [-0.1, -0.05) is 36.4 Å². The SMILES string of the molecule is C=CCc1cccc(CN2[C@@H]3CC[C@@H]2CC(O)(c2ccc(OC)cc2)C3)c1O. The second-order valence-electron chi connectivity index (χ2n) is 8.14. The Labute approximate surface area is 167 Å². The molecule has 2 aliphatic heterocycles. The van der Waals surface area contributed by atoms with E-state index >= 15 is 0 Å². The quantitative estimate of drug-likeness (QED) is 0.741. The number of aliphatic hydroxyl groups is 1. The molecule has 0 aromatic heterocycles. The van der Waals surface area contributed by atoms with Crippen molar-refractivity contribution in [1.82, 2.24) is 4.90 Å². The molecule has 2 aromatic rings. The number of ether oxygens (including phenoxy) is 1. The van der Waals surface area contributed by atoms with Gasteiger partial charge in [-0.2, -0.15) is 0 Å². The van der Waals surface area contributed by atoms with Crippen LogP contribution in [0.4, 0.5) is 0 Å². The second-order valence-corrected chi connectivity index (χ2v) is 8.14. The molecule has 0 aliphatic carbocycles. The summed E-state index contributed by atoms with van der Waals surface area (Å²) in [6.45, 7) is 4.50. The fourth-order valence-corrected chi connectivity index (χ4v) is 5.00. The average Bonchev–Trinajstić information content (AvgIpc) is 2.95. The van der Waals surface area contributed by atoms with Gasteiger partial charge in [0.15, 0.2) is 0 Å².